The molecule has 2 unspecified atom stereocenters. The SMILES string of the molecule is CCC1CN(C(C)CC)CCCN1. The van der Waals surface area contributed by atoms with E-state index in [1.807, 2.05) is 0 Å². The van der Waals surface area contributed by atoms with Gasteiger partial charge in [0.25, 0.3) is 0 Å². The standard InChI is InChI=1S/C11H24N2/c1-4-10(3)13-8-6-7-12-11(5-2)9-13/h10-12H,4-9H2,1-3H3. The minimum Gasteiger partial charge on any atom is -0.313 e. The zero-order chi connectivity index (χ0) is 9.68. The van der Waals surface area contributed by atoms with Crippen LogP contribution in [0.4, 0.5) is 0 Å². The summed E-state index contributed by atoms with van der Waals surface area (Å²) >= 11 is 0. The normalized spacial score (nSPS) is 28.4. The van der Waals surface area contributed by atoms with Crippen LogP contribution < -0.4 is 5.32 Å². The van der Waals surface area contributed by atoms with E-state index in [9.17, 15) is 0 Å². The molecule has 1 saturated heterocycles. The van der Waals surface area contributed by atoms with Crippen LogP contribution in [0.15, 0.2) is 0 Å². The number of hydrogen-bond donors (Lipinski definition) is 1. The first-order chi connectivity index (χ1) is 6.27. The monoisotopic (exact) mass is 184 g/mol. The zero-order valence-electron chi connectivity index (χ0n) is 9.34. The van der Waals surface area contributed by atoms with Crippen molar-refractivity contribution >= 4 is 0 Å². The Labute approximate surface area is 82.7 Å². The lowest BCUT2D eigenvalue weighted by Gasteiger charge is -2.29. The molecule has 0 aliphatic carbocycles. The van der Waals surface area contributed by atoms with Crippen LogP contribution in [0.1, 0.15) is 40.0 Å². The molecular weight excluding hydrogens is 160 g/mol. The molecule has 13 heavy (non-hydrogen) atoms. The number of rotatable bonds is 3. The average molecular weight is 184 g/mol. The highest BCUT2D eigenvalue weighted by atomic mass is 15.2. The Morgan fingerprint density at radius 3 is 2.85 bits per heavy atom. The van der Waals surface area contributed by atoms with Crippen LogP contribution in [0, 0.1) is 0 Å². The maximum atomic E-state index is 3.60. The Kier molecular flexibility index (Phi) is 4.74. The van der Waals surface area contributed by atoms with Gasteiger partial charge in [0.1, 0.15) is 0 Å². The third-order valence-electron chi connectivity index (χ3n) is 3.22. The summed E-state index contributed by atoms with van der Waals surface area (Å²) in [6.07, 6.45) is 3.84. The van der Waals surface area contributed by atoms with E-state index in [2.05, 4.69) is 31.0 Å². The predicted octanol–water partition coefficient (Wildman–Crippen LogP) is 1.86. The van der Waals surface area contributed by atoms with Crippen molar-refractivity contribution in [3.05, 3.63) is 0 Å². The van der Waals surface area contributed by atoms with E-state index >= 15 is 0 Å². The minimum atomic E-state index is 0.719. The van der Waals surface area contributed by atoms with Crippen molar-refractivity contribution in [1.82, 2.24) is 10.2 Å². The fourth-order valence-electron chi connectivity index (χ4n) is 1.96. The molecule has 1 rings (SSSR count). The van der Waals surface area contributed by atoms with Crippen LogP contribution in [-0.2, 0) is 0 Å². The van der Waals surface area contributed by atoms with Crippen molar-refractivity contribution in [2.75, 3.05) is 19.6 Å². The summed E-state index contributed by atoms with van der Waals surface area (Å²) in [5.74, 6) is 0. The first-order valence-corrected chi connectivity index (χ1v) is 5.75. The van der Waals surface area contributed by atoms with E-state index in [4.69, 9.17) is 0 Å². The molecule has 0 aromatic heterocycles. The second kappa shape index (κ2) is 5.61. The first kappa shape index (κ1) is 11.0. The highest BCUT2D eigenvalue weighted by Gasteiger charge is 2.18. The van der Waals surface area contributed by atoms with Gasteiger partial charge in [0.05, 0.1) is 0 Å². The van der Waals surface area contributed by atoms with Gasteiger partial charge in [0, 0.05) is 18.6 Å². The number of nitrogens with one attached hydrogen (secondary N) is 1. The van der Waals surface area contributed by atoms with E-state index in [1.165, 1.54) is 38.9 Å². The summed E-state index contributed by atoms with van der Waals surface area (Å²) in [5, 5.41) is 3.60. The van der Waals surface area contributed by atoms with Crippen LogP contribution in [0.25, 0.3) is 0 Å². The van der Waals surface area contributed by atoms with Crippen LogP contribution in [0.3, 0.4) is 0 Å². The van der Waals surface area contributed by atoms with Gasteiger partial charge in [-0.25, -0.2) is 0 Å². The average Bonchev–Trinajstić information content (AvgIpc) is 2.41. The predicted molar refractivity (Wildman–Crippen MR) is 58.0 cm³/mol. The molecule has 0 spiro atoms. The van der Waals surface area contributed by atoms with Crippen molar-refractivity contribution in [1.29, 1.82) is 0 Å². The van der Waals surface area contributed by atoms with E-state index < -0.39 is 0 Å². The highest BCUT2D eigenvalue weighted by Crippen LogP contribution is 2.09. The summed E-state index contributed by atoms with van der Waals surface area (Å²) in [4.78, 5) is 2.63. The minimum absolute atomic E-state index is 0.719. The zero-order valence-corrected chi connectivity index (χ0v) is 9.34. The Balaban J connectivity index is 2.43. The van der Waals surface area contributed by atoms with Gasteiger partial charge in [0.2, 0.25) is 0 Å². The molecule has 1 heterocycles. The number of hydrogen-bond acceptors (Lipinski definition) is 2. The largest absolute Gasteiger partial charge is 0.313 e. The van der Waals surface area contributed by atoms with Crippen molar-refractivity contribution in [2.24, 2.45) is 0 Å². The Morgan fingerprint density at radius 2 is 2.23 bits per heavy atom. The van der Waals surface area contributed by atoms with Gasteiger partial charge in [-0.1, -0.05) is 13.8 Å². The molecule has 0 aromatic carbocycles. The fourth-order valence-corrected chi connectivity index (χ4v) is 1.96. The van der Waals surface area contributed by atoms with Crippen LogP contribution in [-0.4, -0.2) is 36.6 Å². The lowest BCUT2D eigenvalue weighted by Crippen LogP contribution is -2.41. The molecule has 2 atom stereocenters. The van der Waals surface area contributed by atoms with Gasteiger partial charge in [-0.15, -0.1) is 0 Å². The van der Waals surface area contributed by atoms with Gasteiger partial charge in [-0.05, 0) is 39.3 Å². The van der Waals surface area contributed by atoms with Crippen molar-refractivity contribution in [3.8, 4) is 0 Å². The van der Waals surface area contributed by atoms with Crippen molar-refractivity contribution in [3.63, 3.8) is 0 Å². The second-order valence-electron chi connectivity index (χ2n) is 4.17. The lowest BCUT2D eigenvalue weighted by atomic mass is 10.1. The van der Waals surface area contributed by atoms with E-state index in [0.717, 1.165) is 12.1 Å². The van der Waals surface area contributed by atoms with Gasteiger partial charge in [-0.2, -0.15) is 0 Å². The van der Waals surface area contributed by atoms with Gasteiger partial charge in [-0.3, -0.25) is 4.90 Å². The maximum Gasteiger partial charge on any atom is 0.0192 e. The molecule has 78 valence electrons. The topological polar surface area (TPSA) is 15.3 Å². The lowest BCUT2D eigenvalue weighted by molar-refractivity contribution is 0.199. The molecule has 0 bridgehead atoms. The summed E-state index contributed by atoms with van der Waals surface area (Å²) in [5.41, 5.74) is 0. The van der Waals surface area contributed by atoms with Crippen LogP contribution >= 0.6 is 0 Å². The highest BCUT2D eigenvalue weighted by molar-refractivity contribution is 4.78. The third-order valence-corrected chi connectivity index (χ3v) is 3.22. The molecule has 2 heteroatoms. The molecule has 1 N–H and O–H groups in total. The van der Waals surface area contributed by atoms with Gasteiger partial charge in [0.15, 0.2) is 0 Å². The molecule has 0 radical (unpaired) electrons. The maximum absolute atomic E-state index is 3.60. The number of nitrogens with zero attached hydrogens (tertiary/aromatic N) is 1. The summed E-state index contributed by atoms with van der Waals surface area (Å²) in [7, 11) is 0. The molecule has 1 fully saturated rings. The Hall–Kier alpha value is -0.0800. The van der Waals surface area contributed by atoms with Gasteiger partial charge >= 0.3 is 0 Å². The Morgan fingerprint density at radius 1 is 1.46 bits per heavy atom. The first-order valence-electron chi connectivity index (χ1n) is 5.75. The summed E-state index contributed by atoms with van der Waals surface area (Å²) < 4.78 is 0. The van der Waals surface area contributed by atoms with E-state index in [0.29, 0.717) is 0 Å². The molecular formula is C11H24N2. The quantitative estimate of drug-likeness (QED) is 0.720. The van der Waals surface area contributed by atoms with E-state index in [1.54, 1.807) is 0 Å². The molecule has 1 aliphatic heterocycles. The molecule has 2 nitrogen and oxygen atoms in total. The molecule has 0 amide bonds. The van der Waals surface area contributed by atoms with Crippen molar-refractivity contribution < 1.29 is 0 Å². The smallest absolute Gasteiger partial charge is 0.0192 e. The van der Waals surface area contributed by atoms with Crippen molar-refractivity contribution in [2.45, 2.75) is 52.1 Å². The van der Waals surface area contributed by atoms with E-state index in [-0.39, 0.29) is 0 Å². The van der Waals surface area contributed by atoms with Gasteiger partial charge < -0.3 is 5.32 Å². The Bertz CT molecular complexity index is 136. The second-order valence-corrected chi connectivity index (χ2v) is 4.17. The van der Waals surface area contributed by atoms with Crippen LogP contribution in [0.5, 0.6) is 0 Å². The molecule has 0 aromatic rings. The molecule has 0 saturated carbocycles. The third kappa shape index (κ3) is 3.28. The molecule has 1 aliphatic rings. The summed E-state index contributed by atoms with van der Waals surface area (Å²) in [6.45, 7) is 10.6. The summed E-state index contributed by atoms with van der Waals surface area (Å²) in [6, 6.07) is 1.48. The van der Waals surface area contributed by atoms with Crippen LogP contribution in [0.2, 0.25) is 0 Å². The fraction of sp³-hybridized carbons (Fsp3) is 1.00.